The second kappa shape index (κ2) is 7.23. The van der Waals surface area contributed by atoms with Crippen LogP contribution in [0.15, 0.2) is 54.7 Å². The Kier molecular flexibility index (Phi) is 4.85. The molecular weight excluding hydrogens is 344 g/mol. The fourth-order valence-corrected chi connectivity index (χ4v) is 2.46. The van der Waals surface area contributed by atoms with Crippen LogP contribution in [0.5, 0.6) is 5.75 Å². The van der Waals surface area contributed by atoms with Crippen molar-refractivity contribution in [3.63, 3.8) is 0 Å². The Morgan fingerprint density at radius 3 is 2.72 bits per heavy atom. The van der Waals surface area contributed by atoms with Crippen LogP contribution in [0, 0.1) is 10.1 Å². The molecule has 8 heteroatoms. The Balaban J connectivity index is 1.79. The van der Waals surface area contributed by atoms with Crippen LogP contribution in [0.3, 0.4) is 0 Å². The van der Waals surface area contributed by atoms with Gasteiger partial charge in [0.15, 0.2) is 6.61 Å². The standard InChI is InChI=1S/C17H15ClN4O3/c1-21-16(19-10-17(21)22(23)24)11-25-15-8-7-12(18)9-14(15)20-13-5-3-2-4-6-13/h2-10,20H,11H2,1H3. The van der Waals surface area contributed by atoms with Gasteiger partial charge in [-0.3, -0.25) is 0 Å². The maximum absolute atomic E-state index is 10.9. The average molecular weight is 359 g/mol. The SMILES string of the molecule is Cn1c([N+](=O)[O-])cnc1COc1ccc(Cl)cc1Nc1ccccc1. The molecule has 3 aromatic rings. The second-order valence-electron chi connectivity index (χ2n) is 5.27. The smallest absolute Gasteiger partial charge is 0.342 e. The molecular formula is C17H15ClN4O3. The number of nitrogens with one attached hydrogen (secondary N) is 1. The summed E-state index contributed by atoms with van der Waals surface area (Å²) in [4.78, 5) is 14.4. The van der Waals surface area contributed by atoms with E-state index in [2.05, 4.69) is 10.3 Å². The molecule has 0 aliphatic carbocycles. The molecule has 0 unspecified atom stereocenters. The third-order valence-electron chi connectivity index (χ3n) is 3.60. The van der Waals surface area contributed by atoms with E-state index in [1.807, 2.05) is 30.3 Å². The molecule has 0 radical (unpaired) electrons. The first-order chi connectivity index (χ1) is 12.0. The van der Waals surface area contributed by atoms with Crippen molar-refractivity contribution in [2.24, 2.45) is 7.05 Å². The summed E-state index contributed by atoms with van der Waals surface area (Å²) in [6.07, 6.45) is 1.21. The molecule has 3 rings (SSSR count). The minimum Gasteiger partial charge on any atom is -0.481 e. The number of para-hydroxylation sites is 1. The number of aromatic nitrogens is 2. The summed E-state index contributed by atoms with van der Waals surface area (Å²) in [5.41, 5.74) is 1.59. The zero-order valence-corrected chi connectivity index (χ0v) is 14.1. The molecule has 0 fully saturated rings. The number of halogens is 1. The number of benzene rings is 2. The maximum atomic E-state index is 10.9. The third kappa shape index (κ3) is 3.89. The van der Waals surface area contributed by atoms with Gasteiger partial charge in [0, 0.05) is 10.7 Å². The Labute approximate surface area is 149 Å². The lowest BCUT2D eigenvalue weighted by atomic mass is 10.2. The van der Waals surface area contributed by atoms with Gasteiger partial charge in [-0.2, -0.15) is 0 Å². The molecule has 0 atom stereocenters. The molecule has 0 saturated carbocycles. The van der Waals surface area contributed by atoms with Crippen molar-refractivity contribution < 1.29 is 9.66 Å². The predicted octanol–water partition coefficient (Wildman–Crippen LogP) is 4.30. The Morgan fingerprint density at radius 2 is 2.04 bits per heavy atom. The molecule has 1 N–H and O–H groups in total. The summed E-state index contributed by atoms with van der Waals surface area (Å²) < 4.78 is 7.19. The Hall–Kier alpha value is -3.06. The van der Waals surface area contributed by atoms with E-state index >= 15 is 0 Å². The Morgan fingerprint density at radius 1 is 1.28 bits per heavy atom. The van der Waals surface area contributed by atoms with Gasteiger partial charge in [0.05, 0.1) is 12.7 Å². The van der Waals surface area contributed by atoms with E-state index < -0.39 is 4.92 Å². The van der Waals surface area contributed by atoms with Gasteiger partial charge in [-0.05, 0) is 35.3 Å². The highest BCUT2D eigenvalue weighted by molar-refractivity contribution is 6.31. The largest absolute Gasteiger partial charge is 0.481 e. The molecule has 2 aromatic carbocycles. The van der Waals surface area contributed by atoms with Crippen molar-refractivity contribution in [1.82, 2.24) is 9.55 Å². The van der Waals surface area contributed by atoms with Gasteiger partial charge in [0.1, 0.15) is 11.9 Å². The lowest BCUT2D eigenvalue weighted by molar-refractivity contribution is -0.391. The van der Waals surface area contributed by atoms with E-state index in [1.165, 1.54) is 10.8 Å². The molecule has 0 bridgehead atoms. The highest BCUT2D eigenvalue weighted by atomic mass is 35.5. The summed E-state index contributed by atoms with van der Waals surface area (Å²) in [5.74, 6) is 0.934. The predicted molar refractivity (Wildman–Crippen MR) is 95.4 cm³/mol. The van der Waals surface area contributed by atoms with Crippen LogP contribution in [0.1, 0.15) is 5.82 Å². The van der Waals surface area contributed by atoms with E-state index in [0.717, 1.165) is 5.69 Å². The molecule has 0 aliphatic rings. The highest BCUT2D eigenvalue weighted by Gasteiger charge is 2.17. The minimum atomic E-state index is -0.485. The van der Waals surface area contributed by atoms with E-state index in [9.17, 15) is 10.1 Å². The zero-order chi connectivity index (χ0) is 17.8. The fourth-order valence-electron chi connectivity index (χ4n) is 2.29. The number of ether oxygens (including phenoxy) is 1. The third-order valence-corrected chi connectivity index (χ3v) is 3.83. The average Bonchev–Trinajstić information content (AvgIpc) is 2.96. The number of hydrogen-bond donors (Lipinski definition) is 1. The van der Waals surface area contributed by atoms with Crippen molar-refractivity contribution in [2.45, 2.75) is 6.61 Å². The number of nitro groups is 1. The molecule has 128 valence electrons. The van der Waals surface area contributed by atoms with Gasteiger partial charge in [0.2, 0.25) is 5.82 Å². The molecule has 0 amide bonds. The second-order valence-corrected chi connectivity index (χ2v) is 5.71. The highest BCUT2D eigenvalue weighted by Crippen LogP contribution is 2.31. The minimum absolute atomic E-state index is 0.0858. The lowest BCUT2D eigenvalue weighted by Gasteiger charge is -2.13. The van der Waals surface area contributed by atoms with Gasteiger partial charge >= 0.3 is 5.82 Å². The van der Waals surface area contributed by atoms with Gasteiger partial charge in [-0.15, -0.1) is 0 Å². The van der Waals surface area contributed by atoms with E-state index in [4.69, 9.17) is 16.3 Å². The number of imidazole rings is 1. The van der Waals surface area contributed by atoms with Crippen LogP contribution in [0.4, 0.5) is 17.2 Å². The molecule has 0 aliphatic heterocycles. The summed E-state index contributed by atoms with van der Waals surface area (Å²) in [6, 6.07) is 14.8. The van der Waals surface area contributed by atoms with E-state index in [1.54, 1.807) is 25.2 Å². The van der Waals surface area contributed by atoms with Crippen molar-refractivity contribution in [3.8, 4) is 5.75 Å². The van der Waals surface area contributed by atoms with Crippen LogP contribution in [-0.4, -0.2) is 14.5 Å². The van der Waals surface area contributed by atoms with Gasteiger partial charge in [0.25, 0.3) is 0 Å². The molecule has 25 heavy (non-hydrogen) atoms. The monoisotopic (exact) mass is 358 g/mol. The first kappa shape index (κ1) is 16.8. The molecule has 0 saturated heterocycles. The van der Waals surface area contributed by atoms with E-state index in [-0.39, 0.29) is 12.4 Å². The summed E-state index contributed by atoms with van der Waals surface area (Å²) >= 11 is 6.08. The number of rotatable bonds is 6. The van der Waals surface area contributed by atoms with E-state index in [0.29, 0.717) is 22.3 Å². The first-order valence-electron chi connectivity index (χ1n) is 7.44. The topological polar surface area (TPSA) is 82.2 Å². The summed E-state index contributed by atoms with van der Waals surface area (Å²) in [5, 5.41) is 14.7. The molecule has 1 aromatic heterocycles. The van der Waals surface area contributed by atoms with Crippen molar-refractivity contribution in [2.75, 3.05) is 5.32 Å². The number of nitrogens with zero attached hydrogens (tertiary/aromatic N) is 3. The molecule has 0 spiro atoms. The van der Waals surface area contributed by atoms with Crippen LogP contribution in [0.2, 0.25) is 5.02 Å². The van der Waals surface area contributed by atoms with Gasteiger partial charge < -0.3 is 20.2 Å². The van der Waals surface area contributed by atoms with Crippen LogP contribution >= 0.6 is 11.6 Å². The Bertz CT molecular complexity index is 896. The quantitative estimate of drug-likeness (QED) is 0.524. The van der Waals surface area contributed by atoms with Crippen molar-refractivity contribution in [3.05, 3.63) is 75.7 Å². The normalized spacial score (nSPS) is 10.5. The van der Waals surface area contributed by atoms with Crippen LogP contribution < -0.4 is 10.1 Å². The van der Waals surface area contributed by atoms with Crippen LogP contribution in [0.25, 0.3) is 0 Å². The summed E-state index contributed by atoms with van der Waals surface area (Å²) in [6.45, 7) is 0.0927. The first-order valence-corrected chi connectivity index (χ1v) is 7.82. The molecule has 7 nitrogen and oxygen atoms in total. The zero-order valence-electron chi connectivity index (χ0n) is 13.3. The van der Waals surface area contributed by atoms with Crippen molar-refractivity contribution >= 4 is 28.8 Å². The summed E-state index contributed by atoms with van der Waals surface area (Å²) in [7, 11) is 1.58. The van der Waals surface area contributed by atoms with Gasteiger partial charge in [-0.1, -0.05) is 29.8 Å². The maximum Gasteiger partial charge on any atom is 0.342 e. The molecule has 1 heterocycles. The number of hydrogen-bond acceptors (Lipinski definition) is 5. The van der Waals surface area contributed by atoms with Crippen LogP contribution in [-0.2, 0) is 13.7 Å². The number of anilines is 2. The fraction of sp³-hybridized carbons (Fsp3) is 0.118. The lowest BCUT2D eigenvalue weighted by Crippen LogP contribution is -2.06. The van der Waals surface area contributed by atoms with Crippen molar-refractivity contribution in [1.29, 1.82) is 0 Å². The van der Waals surface area contributed by atoms with Gasteiger partial charge in [-0.25, -0.2) is 9.55 Å².